The third-order valence-electron chi connectivity index (χ3n) is 3.71. The SMILES string of the molecule is Cc1nc2ccc(C(=O)N=C(N)N)cc2c(-c2ccccc2F)c1Cl. The van der Waals surface area contributed by atoms with Crippen molar-refractivity contribution in [2.24, 2.45) is 16.5 Å². The maximum Gasteiger partial charge on any atom is 0.280 e. The Kier molecular flexibility index (Phi) is 4.37. The Morgan fingerprint density at radius 2 is 1.92 bits per heavy atom. The van der Waals surface area contributed by atoms with Crippen LogP contribution in [-0.2, 0) is 0 Å². The number of guanidine groups is 1. The summed E-state index contributed by atoms with van der Waals surface area (Å²) < 4.78 is 14.3. The fourth-order valence-corrected chi connectivity index (χ4v) is 2.85. The Balaban J connectivity index is 2.34. The minimum atomic E-state index is -0.599. The number of pyridine rings is 1. The van der Waals surface area contributed by atoms with Crippen LogP contribution in [0, 0.1) is 12.7 Å². The number of hydrogen-bond donors (Lipinski definition) is 2. The number of halogens is 2. The smallest absolute Gasteiger partial charge is 0.280 e. The Morgan fingerprint density at radius 3 is 2.60 bits per heavy atom. The predicted molar refractivity (Wildman–Crippen MR) is 97.0 cm³/mol. The number of benzene rings is 2. The van der Waals surface area contributed by atoms with Crippen molar-refractivity contribution < 1.29 is 9.18 Å². The third-order valence-corrected chi connectivity index (χ3v) is 4.17. The highest BCUT2D eigenvalue weighted by Crippen LogP contribution is 2.37. The van der Waals surface area contributed by atoms with Gasteiger partial charge in [0, 0.05) is 22.1 Å². The number of rotatable bonds is 2. The summed E-state index contributed by atoms with van der Waals surface area (Å²) in [6.45, 7) is 1.74. The van der Waals surface area contributed by atoms with Crippen molar-refractivity contribution in [1.82, 2.24) is 4.98 Å². The van der Waals surface area contributed by atoms with Crippen molar-refractivity contribution in [1.29, 1.82) is 0 Å². The first-order valence-corrected chi connectivity index (χ1v) is 7.75. The highest BCUT2D eigenvalue weighted by Gasteiger charge is 2.17. The Hall–Kier alpha value is -2.99. The summed E-state index contributed by atoms with van der Waals surface area (Å²) in [6, 6.07) is 11.0. The Bertz CT molecular complexity index is 1030. The van der Waals surface area contributed by atoms with E-state index < -0.39 is 11.7 Å². The van der Waals surface area contributed by atoms with Crippen LogP contribution in [0.25, 0.3) is 22.0 Å². The van der Waals surface area contributed by atoms with Crippen LogP contribution >= 0.6 is 11.6 Å². The van der Waals surface area contributed by atoms with E-state index in [1.807, 2.05) is 0 Å². The van der Waals surface area contributed by atoms with Gasteiger partial charge in [0.1, 0.15) is 5.82 Å². The fourth-order valence-electron chi connectivity index (χ4n) is 2.60. The van der Waals surface area contributed by atoms with E-state index in [2.05, 4.69) is 9.98 Å². The van der Waals surface area contributed by atoms with Crippen LogP contribution in [0.2, 0.25) is 5.02 Å². The van der Waals surface area contributed by atoms with E-state index in [9.17, 15) is 9.18 Å². The summed E-state index contributed by atoms with van der Waals surface area (Å²) >= 11 is 6.41. The minimum Gasteiger partial charge on any atom is -0.370 e. The van der Waals surface area contributed by atoms with E-state index >= 15 is 0 Å². The predicted octanol–water partition coefficient (Wildman–Crippen LogP) is 3.42. The highest BCUT2D eigenvalue weighted by atomic mass is 35.5. The quantitative estimate of drug-likeness (QED) is 0.543. The Labute approximate surface area is 148 Å². The molecule has 4 N–H and O–H groups in total. The molecule has 126 valence electrons. The second-order valence-corrected chi connectivity index (χ2v) is 5.82. The summed E-state index contributed by atoms with van der Waals surface area (Å²) in [5.41, 5.74) is 12.7. The van der Waals surface area contributed by atoms with E-state index in [1.165, 1.54) is 6.07 Å². The number of nitrogens with zero attached hydrogens (tertiary/aromatic N) is 2. The monoisotopic (exact) mass is 356 g/mol. The molecule has 0 spiro atoms. The van der Waals surface area contributed by atoms with Crippen molar-refractivity contribution in [2.75, 3.05) is 0 Å². The fraction of sp³-hybridized carbons (Fsp3) is 0.0556. The first-order chi connectivity index (χ1) is 11.9. The molecule has 2 aromatic carbocycles. The van der Waals surface area contributed by atoms with E-state index in [-0.39, 0.29) is 11.5 Å². The number of fused-ring (bicyclic) bond motifs is 1. The second kappa shape index (κ2) is 6.49. The van der Waals surface area contributed by atoms with Gasteiger partial charge >= 0.3 is 0 Å². The first kappa shape index (κ1) is 16.9. The van der Waals surface area contributed by atoms with Crippen LogP contribution in [0.5, 0.6) is 0 Å². The lowest BCUT2D eigenvalue weighted by Gasteiger charge is -2.13. The molecule has 3 rings (SSSR count). The normalized spacial score (nSPS) is 10.7. The second-order valence-electron chi connectivity index (χ2n) is 5.44. The van der Waals surface area contributed by atoms with Crippen molar-refractivity contribution in [3.8, 4) is 11.1 Å². The number of aliphatic imine (C=N–C) groups is 1. The van der Waals surface area contributed by atoms with E-state index in [0.29, 0.717) is 32.7 Å². The average molecular weight is 357 g/mol. The van der Waals surface area contributed by atoms with Crippen LogP contribution in [0.1, 0.15) is 16.1 Å². The number of nitrogens with two attached hydrogens (primary N) is 2. The molecule has 0 aliphatic rings. The van der Waals surface area contributed by atoms with Gasteiger partial charge in [-0.1, -0.05) is 29.8 Å². The standard InChI is InChI=1S/C18H14ClFN4O/c1-9-16(19)15(11-4-2-3-5-13(11)20)12-8-10(6-7-14(12)23-9)17(25)24-18(21)22/h2-8H,1H3,(H4,21,22,24,25). The molecule has 0 fully saturated rings. The zero-order chi connectivity index (χ0) is 18.1. The number of aryl methyl sites for hydroxylation is 1. The molecule has 0 radical (unpaired) electrons. The molecular weight excluding hydrogens is 343 g/mol. The Morgan fingerprint density at radius 1 is 1.20 bits per heavy atom. The summed E-state index contributed by atoms with van der Waals surface area (Å²) in [5.74, 6) is -1.35. The number of aromatic nitrogens is 1. The lowest BCUT2D eigenvalue weighted by Crippen LogP contribution is -2.24. The zero-order valence-corrected chi connectivity index (χ0v) is 14.0. The molecule has 3 aromatic rings. The van der Waals surface area contributed by atoms with Crippen LogP contribution in [0.4, 0.5) is 4.39 Å². The van der Waals surface area contributed by atoms with E-state index in [1.54, 1.807) is 43.3 Å². The molecule has 0 saturated carbocycles. The van der Waals surface area contributed by atoms with Gasteiger partial charge in [-0.3, -0.25) is 9.78 Å². The summed E-state index contributed by atoms with van der Waals surface area (Å²) in [6.07, 6.45) is 0. The molecule has 0 saturated heterocycles. The molecule has 25 heavy (non-hydrogen) atoms. The molecule has 0 bridgehead atoms. The van der Waals surface area contributed by atoms with Gasteiger partial charge < -0.3 is 11.5 Å². The maximum atomic E-state index is 14.3. The maximum absolute atomic E-state index is 14.3. The van der Waals surface area contributed by atoms with Crippen LogP contribution in [-0.4, -0.2) is 16.9 Å². The number of amides is 1. The molecule has 5 nitrogen and oxygen atoms in total. The number of carbonyl (C=O) groups excluding carboxylic acids is 1. The van der Waals surface area contributed by atoms with Gasteiger partial charge in [0.25, 0.3) is 5.91 Å². The lowest BCUT2D eigenvalue weighted by molar-refractivity contribution is 0.100. The van der Waals surface area contributed by atoms with Crippen LogP contribution in [0.15, 0.2) is 47.5 Å². The van der Waals surface area contributed by atoms with Crippen molar-refractivity contribution in [2.45, 2.75) is 6.92 Å². The topological polar surface area (TPSA) is 94.4 Å². The molecular formula is C18H14ClFN4O. The van der Waals surface area contributed by atoms with Crippen molar-refractivity contribution in [3.05, 3.63) is 64.6 Å². The van der Waals surface area contributed by atoms with Gasteiger partial charge in [-0.25, -0.2) is 4.39 Å². The molecule has 1 heterocycles. The number of hydrogen-bond acceptors (Lipinski definition) is 2. The van der Waals surface area contributed by atoms with E-state index in [4.69, 9.17) is 23.1 Å². The third kappa shape index (κ3) is 3.16. The summed E-state index contributed by atoms with van der Waals surface area (Å²) in [5, 5.41) is 0.862. The van der Waals surface area contributed by atoms with Gasteiger partial charge in [0.05, 0.1) is 16.2 Å². The zero-order valence-electron chi connectivity index (χ0n) is 13.3. The lowest BCUT2D eigenvalue weighted by atomic mass is 9.98. The van der Waals surface area contributed by atoms with E-state index in [0.717, 1.165) is 0 Å². The first-order valence-electron chi connectivity index (χ1n) is 7.37. The molecule has 1 amide bonds. The van der Waals surface area contributed by atoms with Crippen molar-refractivity contribution >= 4 is 34.4 Å². The van der Waals surface area contributed by atoms with Gasteiger partial charge in [-0.05, 0) is 31.2 Å². The number of carbonyl (C=O) groups is 1. The largest absolute Gasteiger partial charge is 0.370 e. The van der Waals surface area contributed by atoms with Gasteiger partial charge in [0.15, 0.2) is 5.96 Å². The summed E-state index contributed by atoms with van der Waals surface area (Å²) in [7, 11) is 0. The molecule has 1 aromatic heterocycles. The highest BCUT2D eigenvalue weighted by molar-refractivity contribution is 6.35. The molecule has 0 aliphatic heterocycles. The molecule has 0 unspecified atom stereocenters. The van der Waals surface area contributed by atoms with Crippen molar-refractivity contribution in [3.63, 3.8) is 0 Å². The van der Waals surface area contributed by atoms with Gasteiger partial charge in [0.2, 0.25) is 0 Å². The van der Waals surface area contributed by atoms with Crippen LogP contribution < -0.4 is 11.5 Å². The van der Waals surface area contributed by atoms with Gasteiger partial charge in [-0.15, -0.1) is 0 Å². The van der Waals surface area contributed by atoms with Crippen LogP contribution in [0.3, 0.4) is 0 Å². The molecule has 7 heteroatoms. The minimum absolute atomic E-state index is 0.250. The molecule has 0 atom stereocenters. The summed E-state index contributed by atoms with van der Waals surface area (Å²) in [4.78, 5) is 20.0. The average Bonchev–Trinajstić information content (AvgIpc) is 2.56. The van der Waals surface area contributed by atoms with Gasteiger partial charge in [-0.2, -0.15) is 4.99 Å². The molecule has 0 aliphatic carbocycles.